The molecule has 1 aromatic carbocycles. The van der Waals surface area contributed by atoms with Crippen LogP contribution in [0.15, 0.2) is 54.6 Å². The number of nitrogens with two attached hydrogens (primary N) is 1. The van der Waals surface area contributed by atoms with E-state index in [0.29, 0.717) is 17.0 Å². The van der Waals surface area contributed by atoms with E-state index in [2.05, 4.69) is 9.97 Å². The van der Waals surface area contributed by atoms with Gasteiger partial charge in [-0.25, -0.2) is 4.98 Å². The molecule has 0 saturated carbocycles. The van der Waals surface area contributed by atoms with Crippen molar-refractivity contribution >= 4 is 17.6 Å². The van der Waals surface area contributed by atoms with Crippen LogP contribution < -0.4 is 5.73 Å². The molecule has 2 heterocycles. The third kappa shape index (κ3) is 3.19. The molecule has 0 fully saturated rings. The fourth-order valence-electron chi connectivity index (χ4n) is 2.90. The number of rotatable bonds is 4. The van der Waals surface area contributed by atoms with Gasteiger partial charge in [-0.2, -0.15) is 0 Å². The van der Waals surface area contributed by atoms with Crippen molar-refractivity contribution in [3.8, 4) is 17.1 Å². The smallest absolute Gasteiger partial charge is 0.167 e. The Bertz CT molecular complexity index is 1010. The minimum Gasteiger partial charge on any atom is -0.504 e. The van der Waals surface area contributed by atoms with E-state index in [-0.39, 0.29) is 11.6 Å². The number of allylic oxidation sites excluding steroid dienone is 1. The molecular weight excluding hydrogens is 324 g/mol. The van der Waals surface area contributed by atoms with Gasteiger partial charge in [0, 0.05) is 17.5 Å². The number of nitrogens with zero attached hydrogens (tertiary/aromatic N) is 2. The van der Waals surface area contributed by atoms with Gasteiger partial charge in [-0.1, -0.05) is 36.4 Å². The summed E-state index contributed by atoms with van der Waals surface area (Å²) in [7, 11) is 0. The molecule has 0 unspecified atom stereocenters. The van der Waals surface area contributed by atoms with Gasteiger partial charge in [-0.15, -0.1) is 0 Å². The Kier molecular flexibility index (Phi) is 4.80. The van der Waals surface area contributed by atoms with Gasteiger partial charge in [0.2, 0.25) is 0 Å². The maximum absolute atomic E-state index is 10.5. The molecule has 3 aromatic rings. The van der Waals surface area contributed by atoms with Crippen molar-refractivity contribution in [3.05, 3.63) is 77.0 Å². The highest BCUT2D eigenvalue weighted by molar-refractivity contribution is 5.94. The standard InChI is InChI=1S/C21H20N4O/c1-3-15(16-9-5-4-8-14(16)12-22)17-11-19(25-21(23)20(17)26)18-10-6-7-13(2)24-18/h3-12,22,26H,1-2H3,(H2,23,25)/b15-3+,22-12?. The maximum Gasteiger partial charge on any atom is 0.167 e. The van der Waals surface area contributed by atoms with Crippen LogP contribution in [0.25, 0.3) is 17.0 Å². The lowest BCUT2D eigenvalue weighted by molar-refractivity contribution is 0.474. The van der Waals surface area contributed by atoms with Crippen molar-refractivity contribution in [3.63, 3.8) is 0 Å². The van der Waals surface area contributed by atoms with Gasteiger partial charge < -0.3 is 16.2 Å². The Balaban J connectivity index is 2.22. The topological polar surface area (TPSA) is 95.9 Å². The molecule has 0 aliphatic carbocycles. The molecule has 0 radical (unpaired) electrons. The largest absolute Gasteiger partial charge is 0.504 e. The number of aromatic nitrogens is 2. The van der Waals surface area contributed by atoms with E-state index in [1.807, 2.05) is 62.4 Å². The van der Waals surface area contributed by atoms with E-state index in [4.69, 9.17) is 11.1 Å². The van der Waals surface area contributed by atoms with Crippen molar-refractivity contribution in [1.29, 1.82) is 5.41 Å². The fraction of sp³-hybridized carbons (Fsp3) is 0.0952. The summed E-state index contributed by atoms with van der Waals surface area (Å²) in [5.74, 6) is -0.0261. The molecule has 0 atom stereocenters. The summed E-state index contributed by atoms with van der Waals surface area (Å²) in [6.07, 6.45) is 3.19. The number of pyridine rings is 2. The number of hydrogen-bond acceptors (Lipinski definition) is 5. The van der Waals surface area contributed by atoms with Gasteiger partial charge in [0.15, 0.2) is 11.6 Å². The third-order valence-electron chi connectivity index (χ3n) is 4.16. The lowest BCUT2D eigenvalue weighted by atomic mass is 9.93. The van der Waals surface area contributed by atoms with E-state index in [1.165, 1.54) is 6.21 Å². The highest BCUT2D eigenvalue weighted by Gasteiger charge is 2.17. The predicted molar refractivity (Wildman–Crippen MR) is 105 cm³/mol. The quantitative estimate of drug-likeness (QED) is 0.618. The number of aryl methyl sites for hydroxylation is 1. The number of benzene rings is 1. The second-order valence-corrected chi connectivity index (χ2v) is 5.89. The van der Waals surface area contributed by atoms with Gasteiger partial charge in [-0.05, 0) is 48.7 Å². The zero-order chi connectivity index (χ0) is 18.7. The van der Waals surface area contributed by atoms with Crippen LogP contribution in [0.2, 0.25) is 0 Å². The molecule has 0 saturated heterocycles. The summed E-state index contributed by atoms with van der Waals surface area (Å²) in [4.78, 5) is 8.78. The minimum atomic E-state index is -0.0747. The van der Waals surface area contributed by atoms with Gasteiger partial charge in [0.25, 0.3) is 0 Å². The Morgan fingerprint density at radius 3 is 2.50 bits per heavy atom. The average Bonchev–Trinajstić information content (AvgIpc) is 2.66. The Hall–Kier alpha value is -3.47. The van der Waals surface area contributed by atoms with Gasteiger partial charge in [0.05, 0.1) is 11.4 Å². The number of hydrogen-bond donors (Lipinski definition) is 3. The van der Waals surface area contributed by atoms with E-state index in [1.54, 1.807) is 6.07 Å². The SMILES string of the molecule is C/C=C(\c1ccccc1C=N)c1cc(-c2cccc(C)n2)nc(N)c1O. The summed E-state index contributed by atoms with van der Waals surface area (Å²) < 4.78 is 0. The number of anilines is 1. The maximum atomic E-state index is 10.5. The Morgan fingerprint density at radius 1 is 1.04 bits per heavy atom. The summed E-state index contributed by atoms with van der Waals surface area (Å²) >= 11 is 0. The number of nitrogen functional groups attached to an aromatic ring is 1. The predicted octanol–water partition coefficient (Wildman–Crippen LogP) is 4.19. The van der Waals surface area contributed by atoms with Crippen LogP contribution in [-0.4, -0.2) is 21.3 Å². The second-order valence-electron chi connectivity index (χ2n) is 5.89. The van der Waals surface area contributed by atoms with Crippen LogP contribution in [-0.2, 0) is 0 Å². The molecule has 4 N–H and O–H groups in total. The second kappa shape index (κ2) is 7.19. The van der Waals surface area contributed by atoms with Gasteiger partial charge >= 0.3 is 0 Å². The molecule has 3 rings (SSSR count). The Morgan fingerprint density at radius 2 is 1.81 bits per heavy atom. The first-order valence-corrected chi connectivity index (χ1v) is 8.25. The van der Waals surface area contributed by atoms with Crippen LogP contribution in [0.5, 0.6) is 5.75 Å². The molecule has 2 aromatic heterocycles. The minimum absolute atomic E-state index is 0.0486. The molecule has 130 valence electrons. The monoisotopic (exact) mass is 344 g/mol. The van der Waals surface area contributed by atoms with Crippen molar-refractivity contribution in [2.45, 2.75) is 13.8 Å². The van der Waals surface area contributed by atoms with Crippen LogP contribution in [0.1, 0.15) is 29.3 Å². The fourth-order valence-corrected chi connectivity index (χ4v) is 2.90. The first kappa shape index (κ1) is 17.4. The lowest BCUT2D eigenvalue weighted by Gasteiger charge is -2.15. The van der Waals surface area contributed by atoms with Gasteiger partial charge in [-0.3, -0.25) is 4.98 Å². The van der Waals surface area contributed by atoms with Crippen molar-refractivity contribution < 1.29 is 5.11 Å². The summed E-state index contributed by atoms with van der Waals surface area (Å²) in [6.45, 7) is 3.79. The molecule has 0 amide bonds. The molecule has 0 aliphatic heterocycles. The summed E-state index contributed by atoms with van der Waals surface area (Å²) in [5.41, 5.74) is 11.1. The first-order chi connectivity index (χ1) is 12.5. The van der Waals surface area contributed by atoms with Crippen LogP contribution in [0.3, 0.4) is 0 Å². The molecule has 5 nitrogen and oxygen atoms in total. The van der Waals surface area contributed by atoms with Crippen LogP contribution >= 0.6 is 0 Å². The molecule has 26 heavy (non-hydrogen) atoms. The average molecular weight is 344 g/mol. The molecule has 0 bridgehead atoms. The van der Waals surface area contributed by atoms with Crippen molar-refractivity contribution in [2.24, 2.45) is 0 Å². The highest BCUT2D eigenvalue weighted by atomic mass is 16.3. The molecular formula is C21H20N4O. The van der Waals surface area contributed by atoms with Crippen LogP contribution in [0.4, 0.5) is 5.82 Å². The number of aromatic hydroxyl groups is 1. The Labute approximate surface area is 152 Å². The molecule has 5 heteroatoms. The van der Waals surface area contributed by atoms with E-state index >= 15 is 0 Å². The molecule has 0 spiro atoms. The van der Waals surface area contributed by atoms with E-state index in [9.17, 15) is 5.11 Å². The van der Waals surface area contributed by atoms with E-state index in [0.717, 1.165) is 22.4 Å². The number of nitrogens with one attached hydrogen (secondary N) is 1. The molecule has 0 aliphatic rings. The third-order valence-corrected chi connectivity index (χ3v) is 4.16. The highest BCUT2D eigenvalue weighted by Crippen LogP contribution is 2.36. The first-order valence-electron chi connectivity index (χ1n) is 8.25. The normalized spacial score (nSPS) is 11.4. The summed E-state index contributed by atoms with van der Waals surface area (Å²) in [6, 6.07) is 15.0. The van der Waals surface area contributed by atoms with Crippen molar-refractivity contribution in [2.75, 3.05) is 5.73 Å². The lowest BCUT2D eigenvalue weighted by Crippen LogP contribution is -2.01. The zero-order valence-electron chi connectivity index (χ0n) is 14.7. The van der Waals surface area contributed by atoms with Gasteiger partial charge in [0.1, 0.15) is 0 Å². The summed E-state index contributed by atoms with van der Waals surface area (Å²) in [5, 5.41) is 18.2. The van der Waals surface area contributed by atoms with Crippen LogP contribution in [0, 0.1) is 12.3 Å². The van der Waals surface area contributed by atoms with Crippen molar-refractivity contribution in [1.82, 2.24) is 9.97 Å². The van der Waals surface area contributed by atoms with E-state index < -0.39 is 0 Å². The zero-order valence-corrected chi connectivity index (χ0v) is 14.7.